The van der Waals surface area contributed by atoms with Crippen LogP contribution < -0.4 is 5.73 Å². The monoisotopic (exact) mass is 252 g/mol. The van der Waals surface area contributed by atoms with Gasteiger partial charge in [-0.2, -0.15) is 0 Å². The van der Waals surface area contributed by atoms with E-state index in [1.165, 1.54) is 64.5 Å². The zero-order valence-electron chi connectivity index (χ0n) is 12.5. The van der Waals surface area contributed by atoms with E-state index >= 15 is 0 Å². The molecule has 1 spiro atoms. The molecule has 1 saturated heterocycles. The third-order valence-corrected chi connectivity index (χ3v) is 5.63. The van der Waals surface area contributed by atoms with E-state index in [-0.39, 0.29) is 0 Å². The lowest BCUT2D eigenvalue weighted by Gasteiger charge is -2.44. The Balaban J connectivity index is 1.87. The lowest BCUT2D eigenvalue weighted by atomic mass is 9.76. The molecule has 2 heteroatoms. The Morgan fingerprint density at radius 1 is 1.11 bits per heavy atom. The molecule has 2 N–H and O–H groups in total. The van der Waals surface area contributed by atoms with Crippen molar-refractivity contribution in [3.05, 3.63) is 0 Å². The average molecular weight is 252 g/mol. The highest BCUT2D eigenvalue weighted by Crippen LogP contribution is 2.46. The molecule has 1 saturated carbocycles. The fourth-order valence-corrected chi connectivity index (χ4v) is 4.34. The van der Waals surface area contributed by atoms with Gasteiger partial charge in [-0.05, 0) is 56.5 Å². The van der Waals surface area contributed by atoms with Crippen LogP contribution in [0.5, 0.6) is 0 Å². The average Bonchev–Trinajstić information content (AvgIpc) is 2.82. The van der Waals surface area contributed by atoms with Crippen molar-refractivity contribution < 1.29 is 0 Å². The maximum absolute atomic E-state index is 6.04. The Labute approximate surface area is 113 Å². The lowest BCUT2D eigenvalue weighted by Crippen LogP contribution is -2.50. The van der Waals surface area contributed by atoms with Gasteiger partial charge in [-0.3, -0.25) is 4.90 Å². The minimum atomic E-state index is 0.628. The quantitative estimate of drug-likeness (QED) is 0.812. The van der Waals surface area contributed by atoms with Crippen molar-refractivity contribution >= 4 is 0 Å². The molecule has 0 aromatic rings. The first-order chi connectivity index (χ1) is 8.71. The van der Waals surface area contributed by atoms with Crippen LogP contribution in [0.2, 0.25) is 0 Å². The first kappa shape index (κ1) is 14.3. The molecule has 1 aliphatic heterocycles. The molecule has 2 fully saturated rings. The molecule has 0 radical (unpaired) electrons. The van der Waals surface area contributed by atoms with Crippen molar-refractivity contribution in [3.8, 4) is 0 Å². The van der Waals surface area contributed by atoms with Crippen molar-refractivity contribution in [1.82, 2.24) is 4.90 Å². The maximum atomic E-state index is 6.04. The maximum Gasteiger partial charge on any atom is 0.0243 e. The molecule has 18 heavy (non-hydrogen) atoms. The summed E-state index contributed by atoms with van der Waals surface area (Å²) >= 11 is 0. The topological polar surface area (TPSA) is 29.3 Å². The van der Waals surface area contributed by atoms with Gasteiger partial charge in [0.25, 0.3) is 0 Å². The first-order valence-corrected chi connectivity index (χ1v) is 8.15. The highest BCUT2D eigenvalue weighted by molar-refractivity contribution is 4.92. The predicted molar refractivity (Wildman–Crippen MR) is 78.6 cm³/mol. The second-order valence-electron chi connectivity index (χ2n) is 6.81. The van der Waals surface area contributed by atoms with E-state index in [0.717, 1.165) is 17.9 Å². The van der Waals surface area contributed by atoms with Gasteiger partial charge in [0.15, 0.2) is 0 Å². The van der Waals surface area contributed by atoms with Crippen LogP contribution in [0.1, 0.15) is 65.2 Å². The van der Waals surface area contributed by atoms with Crippen LogP contribution in [0.15, 0.2) is 0 Å². The number of nitrogens with two attached hydrogens (primary N) is 1. The molecular weight excluding hydrogens is 220 g/mol. The fourth-order valence-electron chi connectivity index (χ4n) is 4.34. The Hall–Kier alpha value is -0.0800. The van der Waals surface area contributed by atoms with E-state index in [2.05, 4.69) is 18.7 Å². The van der Waals surface area contributed by atoms with E-state index in [4.69, 9.17) is 5.73 Å². The van der Waals surface area contributed by atoms with Crippen LogP contribution in [0.3, 0.4) is 0 Å². The van der Waals surface area contributed by atoms with Gasteiger partial charge in [0.1, 0.15) is 0 Å². The van der Waals surface area contributed by atoms with Crippen LogP contribution in [0.4, 0.5) is 0 Å². The Kier molecular flexibility index (Phi) is 5.08. The molecular formula is C16H32N2. The number of rotatable bonds is 5. The number of nitrogens with zero attached hydrogens (tertiary/aromatic N) is 1. The van der Waals surface area contributed by atoms with Crippen LogP contribution in [0.25, 0.3) is 0 Å². The van der Waals surface area contributed by atoms with Gasteiger partial charge < -0.3 is 5.73 Å². The SMILES string of the molecule is CCCC(C)C(CN)N1CCC2(CCCC2)CC1. The van der Waals surface area contributed by atoms with Gasteiger partial charge in [-0.1, -0.05) is 33.1 Å². The van der Waals surface area contributed by atoms with E-state index in [9.17, 15) is 0 Å². The second kappa shape index (κ2) is 6.38. The predicted octanol–water partition coefficient (Wildman–Crippen LogP) is 3.41. The molecule has 2 nitrogen and oxygen atoms in total. The zero-order chi connectivity index (χ0) is 13.0. The summed E-state index contributed by atoms with van der Waals surface area (Å²) in [4.78, 5) is 2.70. The van der Waals surface area contributed by atoms with Crippen molar-refractivity contribution in [2.24, 2.45) is 17.1 Å². The van der Waals surface area contributed by atoms with Crippen molar-refractivity contribution in [3.63, 3.8) is 0 Å². The fraction of sp³-hybridized carbons (Fsp3) is 1.00. The molecule has 2 aliphatic rings. The highest BCUT2D eigenvalue weighted by atomic mass is 15.2. The molecule has 2 rings (SSSR count). The first-order valence-electron chi connectivity index (χ1n) is 8.15. The van der Waals surface area contributed by atoms with Crippen molar-refractivity contribution in [2.45, 2.75) is 71.3 Å². The largest absolute Gasteiger partial charge is 0.329 e. The van der Waals surface area contributed by atoms with Gasteiger partial charge in [0.2, 0.25) is 0 Å². The number of likely N-dealkylation sites (tertiary alicyclic amines) is 1. The third-order valence-electron chi connectivity index (χ3n) is 5.63. The summed E-state index contributed by atoms with van der Waals surface area (Å²) in [5.74, 6) is 0.762. The second-order valence-corrected chi connectivity index (χ2v) is 6.81. The van der Waals surface area contributed by atoms with Crippen molar-refractivity contribution in [2.75, 3.05) is 19.6 Å². The standard InChI is InChI=1S/C16H32N2/c1-3-6-14(2)15(13-17)18-11-9-16(10-12-18)7-4-5-8-16/h14-15H,3-13,17H2,1-2H3. The summed E-state index contributed by atoms with van der Waals surface area (Å²) in [6.07, 6.45) is 11.4. The molecule has 0 bridgehead atoms. The van der Waals surface area contributed by atoms with Gasteiger partial charge in [0.05, 0.1) is 0 Å². The number of hydrogen-bond acceptors (Lipinski definition) is 2. The number of hydrogen-bond donors (Lipinski definition) is 1. The highest BCUT2D eigenvalue weighted by Gasteiger charge is 2.38. The molecule has 2 atom stereocenters. The molecule has 106 valence electrons. The Morgan fingerprint density at radius 2 is 1.72 bits per heavy atom. The van der Waals surface area contributed by atoms with Crippen LogP contribution in [-0.4, -0.2) is 30.6 Å². The summed E-state index contributed by atoms with van der Waals surface area (Å²) in [6.45, 7) is 8.12. The summed E-state index contributed by atoms with van der Waals surface area (Å²) in [7, 11) is 0. The smallest absolute Gasteiger partial charge is 0.0243 e. The van der Waals surface area contributed by atoms with Crippen LogP contribution in [0, 0.1) is 11.3 Å². The molecule has 0 aromatic heterocycles. The minimum absolute atomic E-state index is 0.628. The Bertz CT molecular complexity index is 235. The minimum Gasteiger partial charge on any atom is -0.329 e. The summed E-state index contributed by atoms with van der Waals surface area (Å²) in [6, 6.07) is 0.628. The van der Waals surface area contributed by atoms with E-state index in [1.807, 2.05) is 0 Å². The lowest BCUT2D eigenvalue weighted by molar-refractivity contribution is 0.0570. The Morgan fingerprint density at radius 3 is 2.22 bits per heavy atom. The number of piperidine rings is 1. The van der Waals surface area contributed by atoms with E-state index in [0.29, 0.717) is 6.04 Å². The normalized spacial score (nSPS) is 27.5. The molecule has 0 aromatic carbocycles. The van der Waals surface area contributed by atoms with E-state index < -0.39 is 0 Å². The van der Waals surface area contributed by atoms with Gasteiger partial charge in [-0.25, -0.2) is 0 Å². The van der Waals surface area contributed by atoms with Gasteiger partial charge in [0, 0.05) is 12.6 Å². The zero-order valence-corrected chi connectivity index (χ0v) is 12.5. The van der Waals surface area contributed by atoms with Crippen molar-refractivity contribution in [1.29, 1.82) is 0 Å². The molecule has 2 unspecified atom stereocenters. The summed E-state index contributed by atoms with van der Waals surface area (Å²) in [5, 5.41) is 0. The molecule has 0 amide bonds. The summed E-state index contributed by atoms with van der Waals surface area (Å²) < 4.78 is 0. The summed E-state index contributed by atoms with van der Waals surface area (Å²) in [5.41, 5.74) is 6.78. The van der Waals surface area contributed by atoms with Crippen LogP contribution >= 0.6 is 0 Å². The third kappa shape index (κ3) is 3.08. The van der Waals surface area contributed by atoms with Crippen LogP contribution in [-0.2, 0) is 0 Å². The molecule has 1 aliphatic carbocycles. The van der Waals surface area contributed by atoms with E-state index in [1.54, 1.807) is 0 Å². The molecule has 1 heterocycles. The van der Waals surface area contributed by atoms with Gasteiger partial charge in [-0.15, -0.1) is 0 Å². The van der Waals surface area contributed by atoms with Gasteiger partial charge >= 0.3 is 0 Å².